The molecule has 3 N–H and O–H groups in total. The first-order valence-corrected chi connectivity index (χ1v) is 7.22. The SMILES string of the molecule is CC(C)CC(N)(C(C)C)C1(O)CCCC(C)C1. The van der Waals surface area contributed by atoms with Gasteiger partial charge in [0.2, 0.25) is 0 Å². The third-order valence-electron chi connectivity index (χ3n) is 4.62. The first-order valence-electron chi connectivity index (χ1n) is 7.22. The van der Waals surface area contributed by atoms with Crippen LogP contribution in [-0.4, -0.2) is 16.2 Å². The molecule has 0 radical (unpaired) electrons. The molecule has 17 heavy (non-hydrogen) atoms. The third-order valence-corrected chi connectivity index (χ3v) is 4.62. The Balaban J connectivity index is 2.95. The molecule has 0 aliphatic heterocycles. The molecule has 1 aliphatic rings. The predicted molar refractivity (Wildman–Crippen MR) is 73.8 cm³/mol. The minimum Gasteiger partial charge on any atom is -0.388 e. The van der Waals surface area contributed by atoms with Crippen LogP contribution in [0, 0.1) is 17.8 Å². The molecule has 0 amide bonds. The van der Waals surface area contributed by atoms with Crippen molar-refractivity contribution >= 4 is 0 Å². The van der Waals surface area contributed by atoms with Crippen molar-refractivity contribution < 1.29 is 5.11 Å². The highest BCUT2D eigenvalue weighted by molar-refractivity contribution is 5.07. The van der Waals surface area contributed by atoms with E-state index in [2.05, 4.69) is 34.6 Å². The number of hydrogen-bond acceptors (Lipinski definition) is 2. The zero-order valence-corrected chi connectivity index (χ0v) is 12.3. The van der Waals surface area contributed by atoms with Crippen molar-refractivity contribution in [2.24, 2.45) is 23.5 Å². The number of aliphatic hydroxyl groups is 1. The van der Waals surface area contributed by atoms with Gasteiger partial charge in [0.05, 0.1) is 5.60 Å². The minimum atomic E-state index is -0.664. The van der Waals surface area contributed by atoms with E-state index in [1.54, 1.807) is 0 Å². The molecular formula is C15H31NO. The van der Waals surface area contributed by atoms with Crippen molar-refractivity contribution in [3.8, 4) is 0 Å². The molecule has 0 aromatic carbocycles. The van der Waals surface area contributed by atoms with E-state index in [1.165, 1.54) is 6.42 Å². The maximum atomic E-state index is 11.1. The van der Waals surface area contributed by atoms with Crippen molar-refractivity contribution in [3.05, 3.63) is 0 Å². The van der Waals surface area contributed by atoms with E-state index in [4.69, 9.17) is 5.73 Å². The summed E-state index contributed by atoms with van der Waals surface area (Å²) in [5, 5.41) is 11.1. The molecule has 0 heterocycles. The summed E-state index contributed by atoms with van der Waals surface area (Å²) in [7, 11) is 0. The summed E-state index contributed by atoms with van der Waals surface area (Å²) in [5.41, 5.74) is 5.56. The Bertz CT molecular complexity index is 251. The largest absolute Gasteiger partial charge is 0.388 e. The second-order valence-corrected chi connectivity index (χ2v) is 7.03. The normalized spacial score (nSPS) is 34.1. The van der Waals surface area contributed by atoms with Crippen LogP contribution in [0.15, 0.2) is 0 Å². The molecule has 3 atom stereocenters. The van der Waals surface area contributed by atoms with Crippen LogP contribution in [0.3, 0.4) is 0 Å². The lowest BCUT2D eigenvalue weighted by Crippen LogP contribution is -2.65. The van der Waals surface area contributed by atoms with Gasteiger partial charge >= 0.3 is 0 Å². The highest BCUT2D eigenvalue weighted by atomic mass is 16.3. The van der Waals surface area contributed by atoms with Gasteiger partial charge in [-0.25, -0.2) is 0 Å². The van der Waals surface area contributed by atoms with Crippen molar-refractivity contribution in [3.63, 3.8) is 0 Å². The minimum absolute atomic E-state index is 0.320. The Kier molecular flexibility index (Phi) is 4.65. The standard InChI is InChI=1S/C15H31NO/c1-11(2)9-15(16,12(3)4)14(17)8-6-7-13(5)10-14/h11-13,17H,6-10,16H2,1-5H3. The zero-order valence-electron chi connectivity index (χ0n) is 12.3. The van der Waals surface area contributed by atoms with Crippen LogP contribution >= 0.6 is 0 Å². The predicted octanol–water partition coefficient (Wildman–Crippen LogP) is 3.33. The highest BCUT2D eigenvalue weighted by Gasteiger charge is 2.50. The Morgan fingerprint density at radius 1 is 1.35 bits per heavy atom. The van der Waals surface area contributed by atoms with Gasteiger partial charge in [0.1, 0.15) is 0 Å². The van der Waals surface area contributed by atoms with E-state index < -0.39 is 11.1 Å². The van der Waals surface area contributed by atoms with Crippen molar-refractivity contribution in [1.82, 2.24) is 0 Å². The second kappa shape index (κ2) is 5.27. The third kappa shape index (κ3) is 3.03. The van der Waals surface area contributed by atoms with Gasteiger partial charge in [0, 0.05) is 5.54 Å². The molecule has 0 aromatic heterocycles. The number of rotatable bonds is 4. The summed E-state index contributed by atoms with van der Waals surface area (Å²) in [6, 6.07) is 0. The van der Waals surface area contributed by atoms with E-state index in [-0.39, 0.29) is 0 Å². The molecule has 0 saturated heterocycles. The fraction of sp³-hybridized carbons (Fsp3) is 1.00. The molecule has 1 fully saturated rings. The quantitative estimate of drug-likeness (QED) is 0.793. The van der Waals surface area contributed by atoms with Crippen molar-refractivity contribution in [2.45, 2.75) is 77.9 Å². The summed E-state index contributed by atoms with van der Waals surface area (Å²) < 4.78 is 0. The van der Waals surface area contributed by atoms with Crippen LogP contribution in [0.5, 0.6) is 0 Å². The summed E-state index contributed by atoms with van der Waals surface area (Å²) in [6.45, 7) is 10.9. The van der Waals surface area contributed by atoms with E-state index in [0.29, 0.717) is 17.8 Å². The molecule has 2 heteroatoms. The van der Waals surface area contributed by atoms with Gasteiger partial charge < -0.3 is 10.8 Å². The van der Waals surface area contributed by atoms with Gasteiger partial charge in [0.25, 0.3) is 0 Å². The van der Waals surface area contributed by atoms with Crippen LogP contribution in [0.1, 0.15) is 66.7 Å². The molecule has 1 rings (SSSR count). The van der Waals surface area contributed by atoms with E-state index in [9.17, 15) is 5.11 Å². The molecule has 0 aromatic rings. The maximum absolute atomic E-state index is 11.1. The van der Waals surface area contributed by atoms with Gasteiger partial charge in [-0.2, -0.15) is 0 Å². The Hall–Kier alpha value is -0.0800. The Morgan fingerprint density at radius 3 is 2.35 bits per heavy atom. The van der Waals surface area contributed by atoms with Crippen LogP contribution < -0.4 is 5.73 Å². The molecule has 102 valence electrons. The van der Waals surface area contributed by atoms with Gasteiger partial charge in [0.15, 0.2) is 0 Å². The van der Waals surface area contributed by atoms with Gasteiger partial charge in [-0.1, -0.05) is 47.5 Å². The fourth-order valence-corrected chi connectivity index (χ4v) is 3.58. The lowest BCUT2D eigenvalue weighted by molar-refractivity contribution is -0.100. The van der Waals surface area contributed by atoms with Crippen molar-refractivity contribution in [1.29, 1.82) is 0 Å². The van der Waals surface area contributed by atoms with Crippen LogP contribution in [-0.2, 0) is 0 Å². The molecule has 0 bridgehead atoms. The Labute approximate surface area is 107 Å². The van der Waals surface area contributed by atoms with Crippen LogP contribution in [0.25, 0.3) is 0 Å². The van der Waals surface area contributed by atoms with Gasteiger partial charge in [-0.05, 0) is 37.0 Å². The molecule has 0 spiro atoms. The van der Waals surface area contributed by atoms with Crippen LogP contribution in [0.2, 0.25) is 0 Å². The second-order valence-electron chi connectivity index (χ2n) is 7.03. The molecule has 1 aliphatic carbocycles. The summed E-state index contributed by atoms with van der Waals surface area (Å²) >= 11 is 0. The van der Waals surface area contributed by atoms with E-state index in [0.717, 1.165) is 25.7 Å². The number of nitrogens with two attached hydrogens (primary N) is 1. The first kappa shape index (κ1) is 15.0. The topological polar surface area (TPSA) is 46.2 Å². The van der Waals surface area contributed by atoms with Crippen molar-refractivity contribution in [2.75, 3.05) is 0 Å². The lowest BCUT2D eigenvalue weighted by atomic mass is 9.61. The molecule has 2 nitrogen and oxygen atoms in total. The summed E-state index contributed by atoms with van der Waals surface area (Å²) in [5.74, 6) is 1.45. The number of hydrogen-bond donors (Lipinski definition) is 2. The smallest absolute Gasteiger partial charge is 0.0831 e. The monoisotopic (exact) mass is 241 g/mol. The molecular weight excluding hydrogens is 210 g/mol. The summed E-state index contributed by atoms with van der Waals surface area (Å²) in [4.78, 5) is 0. The molecule has 3 unspecified atom stereocenters. The highest BCUT2D eigenvalue weighted by Crippen LogP contribution is 2.44. The first-order chi connectivity index (χ1) is 7.71. The van der Waals surface area contributed by atoms with Crippen LogP contribution in [0.4, 0.5) is 0 Å². The fourth-order valence-electron chi connectivity index (χ4n) is 3.58. The molecule has 1 saturated carbocycles. The average Bonchev–Trinajstić information content (AvgIpc) is 2.15. The van der Waals surface area contributed by atoms with Gasteiger partial charge in [-0.3, -0.25) is 0 Å². The van der Waals surface area contributed by atoms with E-state index in [1.807, 2.05) is 0 Å². The van der Waals surface area contributed by atoms with Gasteiger partial charge in [-0.15, -0.1) is 0 Å². The summed E-state index contributed by atoms with van der Waals surface area (Å²) in [6.07, 6.45) is 5.00. The average molecular weight is 241 g/mol. The maximum Gasteiger partial charge on any atom is 0.0831 e. The Morgan fingerprint density at radius 2 is 1.94 bits per heavy atom. The zero-order chi connectivity index (χ0) is 13.3. The lowest BCUT2D eigenvalue weighted by Gasteiger charge is -2.52. The van der Waals surface area contributed by atoms with E-state index >= 15 is 0 Å².